The van der Waals surface area contributed by atoms with Gasteiger partial charge >= 0.3 is 5.97 Å². The summed E-state index contributed by atoms with van der Waals surface area (Å²) in [5.74, 6) is -0.508. The fourth-order valence-electron chi connectivity index (χ4n) is 2.06. The zero-order valence-corrected chi connectivity index (χ0v) is 11.1. The number of rotatable bonds is 4. The molecule has 2 atom stereocenters. The van der Waals surface area contributed by atoms with Gasteiger partial charge in [0.15, 0.2) is 0 Å². The van der Waals surface area contributed by atoms with Crippen molar-refractivity contribution >= 4 is 17.7 Å². The molecule has 1 rings (SSSR count). The number of thioether (sulfide) groups is 1. The van der Waals surface area contributed by atoms with Gasteiger partial charge in [0.2, 0.25) is 0 Å². The molecule has 1 aliphatic heterocycles. The van der Waals surface area contributed by atoms with Crippen LogP contribution in [0.1, 0.15) is 34.1 Å². The number of carbonyl (C=O) groups is 1. The molecule has 0 aromatic carbocycles. The van der Waals surface area contributed by atoms with Crippen LogP contribution in [0.3, 0.4) is 0 Å². The van der Waals surface area contributed by atoms with Crippen LogP contribution in [-0.2, 0) is 9.53 Å². The summed E-state index contributed by atoms with van der Waals surface area (Å²) in [7, 11) is 0. The first-order valence-corrected chi connectivity index (χ1v) is 6.49. The first kappa shape index (κ1) is 13.8. The second-order valence-electron chi connectivity index (χ2n) is 5.44. The molecule has 1 heterocycles. The van der Waals surface area contributed by atoms with Crippen LogP contribution in [0.4, 0.5) is 0 Å². The number of hydrogen-bond donors (Lipinski definition) is 2. The lowest BCUT2D eigenvalue weighted by molar-refractivity contribution is -0.137. The average molecular weight is 247 g/mol. The summed E-state index contributed by atoms with van der Waals surface area (Å²) in [5, 5.41) is 9.02. The molecule has 0 amide bonds. The van der Waals surface area contributed by atoms with Gasteiger partial charge in [-0.1, -0.05) is 0 Å². The van der Waals surface area contributed by atoms with E-state index >= 15 is 0 Å². The maximum absolute atomic E-state index is 10.6. The Kier molecular flexibility index (Phi) is 3.92. The first-order valence-electron chi connectivity index (χ1n) is 5.44. The van der Waals surface area contributed by atoms with Crippen LogP contribution in [0.5, 0.6) is 0 Å². The number of hydrogen-bond acceptors (Lipinski definition) is 4. The topological polar surface area (TPSA) is 72.6 Å². The quantitative estimate of drug-likeness (QED) is 0.787. The summed E-state index contributed by atoms with van der Waals surface area (Å²) >= 11 is 1.60. The van der Waals surface area contributed by atoms with Gasteiger partial charge in [0, 0.05) is 11.0 Å². The molecule has 16 heavy (non-hydrogen) atoms. The molecule has 1 saturated heterocycles. The third-order valence-electron chi connectivity index (χ3n) is 2.79. The molecule has 1 fully saturated rings. The Bertz CT molecular complexity index is 278. The van der Waals surface area contributed by atoms with E-state index in [0.29, 0.717) is 11.0 Å². The third-order valence-corrected chi connectivity index (χ3v) is 4.47. The van der Waals surface area contributed by atoms with E-state index in [4.69, 9.17) is 15.6 Å². The highest BCUT2D eigenvalue weighted by Gasteiger charge is 2.46. The molecule has 94 valence electrons. The molecule has 4 nitrogen and oxygen atoms in total. The predicted molar refractivity (Wildman–Crippen MR) is 65.7 cm³/mol. The van der Waals surface area contributed by atoms with Crippen LogP contribution >= 0.6 is 11.8 Å². The largest absolute Gasteiger partial charge is 0.480 e. The molecular weight excluding hydrogens is 226 g/mol. The van der Waals surface area contributed by atoms with Crippen molar-refractivity contribution in [3.8, 4) is 0 Å². The lowest BCUT2D eigenvalue weighted by Gasteiger charge is -2.27. The van der Waals surface area contributed by atoms with Crippen molar-refractivity contribution in [1.82, 2.24) is 0 Å². The van der Waals surface area contributed by atoms with Crippen molar-refractivity contribution in [1.29, 1.82) is 0 Å². The molecule has 0 aromatic rings. The fraction of sp³-hybridized carbons (Fsp3) is 0.909. The van der Waals surface area contributed by atoms with Gasteiger partial charge < -0.3 is 15.6 Å². The van der Waals surface area contributed by atoms with Gasteiger partial charge in [-0.15, -0.1) is 0 Å². The summed E-state index contributed by atoms with van der Waals surface area (Å²) < 4.78 is 5.93. The SMILES string of the molecule is CC1(C)CC(SC[C@H](N)C(=O)O)C(C)(C)O1. The molecule has 0 saturated carbocycles. The zero-order valence-electron chi connectivity index (χ0n) is 10.3. The Morgan fingerprint density at radius 2 is 2.12 bits per heavy atom. The second kappa shape index (κ2) is 4.55. The van der Waals surface area contributed by atoms with Crippen LogP contribution in [0.25, 0.3) is 0 Å². The summed E-state index contributed by atoms with van der Waals surface area (Å²) in [6.07, 6.45) is 0.928. The summed E-state index contributed by atoms with van der Waals surface area (Å²) in [4.78, 5) is 10.6. The maximum atomic E-state index is 10.6. The van der Waals surface area contributed by atoms with E-state index in [1.807, 2.05) is 13.8 Å². The van der Waals surface area contributed by atoms with Gasteiger partial charge in [0.1, 0.15) is 6.04 Å². The summed E-state index contributed by atoms with van der Waals surface area (Å²) in [6.45, 7) is 8.22. The van der Waals surface area contributed by atoms with Gasteiger partial charge in [0.25, 0.3) is 0 Å². The molecule has 5 heteroatoms. The van der Waals surface area contributed by atoms with E-state index in [1.165, 1.54) is 0 Å². The maximum Gasteiger partial charge on any atom is 0.321 e. The van der Waals surface area contributed by atoms with Gasteiger partial charge in [-0.25, -0.2) is 0 Å². The van der Waals surface area contributed by atoms with Crippen molar-refractivity contribution in [2.75, 3.05) is 5.75 Å². The smallest absolute Gasteiger partial charge is 0.321 e. The van der Waals surface area contributed by atoms with Crippen molar-refractivity contribution in [3.63, 3.8) is 0 Å². The van der Waals surface area contributed by atoms with Crippen molar-refractivity contribution in [2.24, 2.45) is 5.73 Å². The van der Waals surface area contributed by atoms with E-state index in [0.717, 1.165) is 6.42 Å². The Hall–Kier alpha value is -0.260. The van der Waals surface area contributed by atoms with E-state index < -0.39 is 12.0 Å². The van der Waals surface area contributed by atoms with Crippen LogP contribution in [0.15, 0.2) is 0 Å². The Morgan fingerprint density at radius 3 is 2.50 bits per heavy atom. The predicted octanol–water partition coefficient (Wildman–Crippen LogP) is 1.48. The lowest BCUT2D eigenvalue weighted by Crippen LogP contribution is -2.36. The molecule has 3 N–H and O–H groups in total. The molecule has 1 unspecified atom stereocenters. The second-order valence-corrected chi connectivity index (χ2v) is 6.67. The first-order chi connectivity index (χ1) is 7.14. The summed E-state index contributed by atoms with van der Waals surface area (Å²) in [5.41, 5.74) is 5.14. The van der Waals surface area contributed by atoms with Crippen LogP contribution < -0.4 is 5.73 Å². The number of carboxylic acid groups (broad SMARTS) is 1. The molecule has 0 spiro atoms. The molecule has 0 radical (unpaired) electrons. The van der Waals surface area contributed by atoms with Crippen LogP contribution in [0, 0.1) is 0 Å². The van der Waals surface area contributed by atoms with Crippen LogP contribution in [0.2, 0.25) is 0 Å². The van der Waals surface area contributed by atoms with E-state index in [9.17, 15) is 4.79 Å². The average Bonchev–Trinajstić information content (AvgIpc) is 2.29. The molecule has 1 aliphatic rings. The third kappa shape index (κ3) is 3.37. The zero-order chi connectivity index (χ0) is 12.6. The van der Waals surface area contributed by atoms with Gasteiger partial charge in [-0.05, 0) is 34.1 Å². The van der Waals surface area contributed by atoms with E-state index in [2.05, 4.69) is 13.8 Å². The van der Waals surface area contributed by atoms with E-state index in [1.54, 1.807) is 11.8 Å². The van der Waals surface area contributed by atoms with Crippen molar-refractivity contribution < 1.29 is 14.6 Å². The highest BCUT2D eigenvalue weighted by Crippen LogP contribution is 2.43. The van der Waals surface area contributed by atoms with Gasteiger partial charge in [-0.2, -0.15) is 11.8 Å². The highest BCUT2D eigenvalue weighted by molar-refractivity contribution is 8.00. The molecule has 0 bridgehead atoms. The standard InChI is InChI=1S/C11H21NO3S/c1-10(2)5-8(11(3,4)15-10)16-6-7(12)9(13)14/h7-8H,5-6,12H2,1-4H3,(H,13,14)/t7-,8?/m0/s1. The van der Waals surface area contributed by atoms with Crippen molar-refractivity contribution in [3.05, 3.63) is 0 Å². The lowest BCUT2D eigenvalue weighted by atomic mass is 10.0. The minimum absolute atomic E-state index is 0.130. The van der Waals surface area contributed by atoms with Gasteiger partial charge in [0.05, 0.1) is 11.2 Å². The number of nitrogens with two attached hydrogens (primary N) is 1. The molecule has 0 aliphatic carbocycles. The normalized spacial score (nSPS) is 28.9. The van der Waals surface area contributed by atoms with Crippen molar-refractivity contribution in [2.45, 2.75) is 56.6 Å². The minimum atomic E-state index is -0.941. The van der Waals surface area contributed by atoms with Gasteiger partial charge in [-0.3, -0.25) is 4.79 Å². The summed E-state index contributed by atoms with van der Waals surface area (Å²) in [6, 6.07) is -0.787. The van der Waals surface area contributed by atoms with E-state index in [-0.39, 0.29) is 11.2 Å². The highest BCUT2D eigenvalue weighted by atomic mass is 32.2. The Labute approximate surface area is 101 Å². The number of aliphatic carboxylic acids is 1. The monoisotopic (exact) mass is 247 g/mol. The van der Waals surface area contributed by atoms with Crippen LogP contribution in [-0.4, -0.2) is 39.3 Å². The number of carboxylic acids is 1. The number of ether oxygens (including phenoxy) is 1. The fourth-order valence-corrected chi connectivity index (χ4v) is 3.61. The Balaban J connectivity index is 2.52. The minimum Gasteiger partial charge on any atom is -0.480 e. The Morgan fingerprint density at radius 1 is 1.56 bits per heavy atom. The molecule has 0 aromatic heterocycles. The molecular formula is C11H21NO3S.